The lowest BCUT2D eigenvalue weighted by Gasteiger charge is -2.34. The molecule has 2 saturated carbocycles. The van der Waals surface area contributed by atoms with Crippen LogP contribution in [0.15, 0.2) is 0 Å². The van der Waals surface area contributed by atoms with Gasteiger partial charge in [0.25, 0.3) is 0 Å². The molecule has 0 amide bonds. The van der Waals surface area contributed by atoms with Crippen LogP contribution >= 0.6 is 0 Å². The Morgan fingerprint density at radius 3 is 2.05 bits per heavy atom. The predicted molar refractivity (Wildman–Crippen MR) is 72.3 cm³/mol. The maximum absolute atomic E-state index is 12.6. The first kappa shape index (κ1) is 16.1. The SMILES string of the molecule is OCC1CCCCC1CNC1CCC(C(F)(F)F)CC1. The fourth-order valence-electron chi connectivity index (χ4n) is 3.74. The quantitative estimate of drug-likeness (QED) is 0.831. The second-order valence-corrected chi connectivity index (χ2v) is 6.49. The second kappa shape index (κ2) is 7.12. The minimum Gasteiger partial charge on any atom is -0.396 e. The Morgan fingerprint density at radius 2 is 1.50 bits per heavy atom. The first-order chi connectivity index (χ1) is 9.50. The highest BCUT2D eigenvalue weighted by Crippen LogP contribution is 2.37. The van der Waals surface area contributed by atoms with E-state index in [1.807, 2.05) is 0 Å². The lowest BCUT2D eigenvalue weighted by Crippen LogP contribution is -2.41. The monoisotopic (exact) mass is 293 g/mol. The van der Waals surface area contributed by atoms with Gasteiger partial charge in [0.2, 0.25) is 0 Å². The van der Waals surface area contributed by atoms with Crippen LogP contribution in [0.1, 0.15) is 51.4 Å². The van der Waals surface area contributed by atoms with Crippen molar-refractivity contribution in [1.82, 2.24) is 5.32 Å². The molecule has 20 heavy (non-hydrogen) atoms. The first-order valence-corrected chi connectivity index (χ1v) is 7.91. The number of aliphatic hydroxyl groups is 1. The molecule has 0 saturated heterocycles. The predicted octanol–water partition coefficient (Wildman–Crippen LogP) is 3.50. The van der Waals surface area contributed by atoms with Crippen LogP contribution in [-0.4, -0.2) is 30.5 Å². The van der Waals surface area contributed by atoms with E-state index >= 15 is 0 Å². The van der Waals surface area contributed by atoms with Gasteiger partial charge in [-0.05, 0) is 56.9 Å². The molecule has 0 spiro atoms. The zero-order valence-corrected chi connectivity index (χ0v) is 12.0. The van der Waals surface area contributed by atoms with Gasteiger partial charge in [-0.1, -0.05) is 12.8 Å². The van der Waals surface area contributed by atoms with Crippen molar-refractivity contribution in [1.29, 1.82) is 0 Å². The molecule has 2 fully saturated rings. The Balaban J connectivity index is 1.70. The molecular formula is C15H26F3NO. The van der Waals surface area contributed by atoms with Gasteiger partial charge in [0, 0.05) is 12.6 Å². The number of hydrogen-bond acceptors (Lipinski definition) is 2. The van der Waals surface area contributed by atoms with Crippen LogP contribution in [0.5, 0.6) is 0 Å². The smallest absolute Gasteiger partial charge is 0.391 e. The third-order valence-corrected chi connectivity index (χ3v) is 5.16. The minimum atomic E-state index is -4.02. The topological polar surface area (TPSA) is 32.3 Å². The molecule has 0 heterocycles. The molecule has 0 bridgehead atoms. The van der Waals surface area contributed by atoms with E-state index < -0.39 is 12.1 Å². The summed E-state index contributed by atoms with van der Waals surface area (Å²) in [5.74, 6) is -0.225. The molecule has 2 unspecified atom stereocenters. The van der Waals surface area contributed by atoms with E-state index in [1.165, 1.54) is 12.8 Å². The molecule has 2 N–H and O–H groups in total. The van der Waals surface area contributed by atoms with Crippen LogP contribution in [0.4, 0.5) is 13.2 Å². The largest absolute Gasteiger partial charge is 0.396 e. The van der Waals surface area contributed by atoms with Gasteiger partial charge in [-0.15, -0.1) is 0 Å². The van der Waals surface area contributed by atoms with Crippen molar-refractivity contribution >= 4 is 0 Å². The average molecular weight is 293 g/mol. The molecule has 0 aliphatic heterocycles. The van der Waals surface area contributed by atoms with E-state index in [4.69, 9.17) is 0 Å². The van der Waals surface area contributed by atoms with Gasteiger partial charge in [-0.3, -0.25) is 0 Å². The molecule has 2 aliphatic carbocycles. The first-order valence-electron chi connectivity index (χ1n) is 7.91. The van der Waals surface area contributed by atoms with Crippen LogP contribution in [-0.2, 0) is 0 Å². The Bertz CT molecular complexity index is 287. The molecule has 0 aromatic heterocycles. The summed E-state index contributed by atoms with van der Waals surface area (Å²) in [5, 5.41) is 12.8. The van der Waals surface area contributed by atoms with Crippen molar-refractivity contribution in [2.45, 2.75) is 63.6 Å². The van der Waals surface area contributed by atoms with Gasteiger partial charge < -0.3 is 10.4 Å². The Labute approximate surface area is 119 Å². The molecule has 2 rings (SSSR count). The number of nitrogens with one attached hydrogen (secondary N) is 1. The number of hydrogen-bond donors (Lipinski definition) is 2. The average Bonchev–Trinajstić information content (AvgIpc) is 2.45. The molecule has 5 heteroatoms. The van der Waals surface area contributed by atoms with Crippen LogP contribution in [0, 0.1) is 17.8 Å². The third-order valence-electron chi connectivity index (χ3n) is 5.16. The summed E-state index contributed by atoms with van der Waals surface area (Å²) in [6.07, 6.45) is 2.38. The summed E-state index contributed by atoms with van der Waals surface area (Å²) in [4.78, 5) is 0. The zero-order valence-electron chi connectivity index (χ0n) is 12.0. The maximum atomic E-state index is 12.6. The van der Waals surface area contributed by atoms with Crippen LogP contribution in [0.2, 0.25) is 0 Å². The number of alkyl halides is 3. The molecular weight excluding hydrogens is 267 g/mol. The summed E-state index contributed by atoms with van der Waals surface area (Å²) in [6, 6.07) is 0.231. The molecule has 0 aromatic rings. The van der Waals surface area contributed by atoms with Crippen molar-refractivity contribution in [2.24, 2.45) is 17.8 Å². The maximum Gasteiger partial charge on any atom is 0.391 e. The van der Waals surface area contributed by atoms with Gasteiger partial charge in [-0.25, -0.2) is 0 Å². The highest BCUT2D eigenvalue weighted by Gasteiger charge is 2.41. The van der Waals surface area contributed by atoms with Crippen LogP contribution in [0.3, 0.4) is 0 Å². The van der Waals surface area contributed by atoms with E-state index in [2.05, 4.69) is 5.32 Å². The van der Waals surface area contributed by atoms with Crippen molar-refractivity contribution in [2.75, 3.05) is 13.2 Å². The summed E-state index contributed by atoms with van der Waals surface area (Å²) in [5.41, 5.74) is 0. The summed E-state index contributed by atoms with van der Waals surface area (Å²) in [7, 11) is 0. The standard InChI is InChI=1S/C15H26F3NO/c16-15(17,18)13-5-7-14(8-6-13)19-9-11-3-1-2-4-12(11)10-20/h11-14,19-20H,1-10H2. The van der Waals surface area contributed by atoms with Crippen molar-refractivity contribution in [3.63, 3.8) is 0 Å². The molecule has 0 radical (unpaired) electrons. The number of aliphatic hydroxyl groups excluding tert-OH is 1. The van der Waals surface area contributed by atoms with Crippen LogP contribution in [0.25, 0.3) is 0 Å². The lowest BCUT2D eigenvalue weighted by atomic mass is 9.79. The van der Waals surface area contributed by atoms with E-state index in [9.17, 15) is 18.3 Å². The summed E-state index contributed by atoms with van der Waals surface area (Å²) >= 11 is 0. The van der Waals surface area contributed by atoms with Gasteiger partial charge in [0.1, 0.15) is 0 Å². The lowest BCUT2D eigenvalue weighted by molar-refractivity contribution is -0.182. The van der Waals surface area contributed by atoms with Crippen LogP contribution < -0.4 is 5.32 Å². The Morgan fingerprint density at radius 1 is 0.900 bits per heavy atom. The van der Waals surface area contributed by atoms with Crippen molar-refractivity contribution in [3.05, 3.63) is 0 Å². The minimum absolute atomic E-state index is 0.231. The molecule has 2 nitrogen and oxygen atoms in total. The highest BCUT2D eigenvalue weighted by atomic mass is 19.4. The second-order valence-electron chi connectivity index (χ2n) is 6.49. The molecule has 118 valence electrons. The third kappa shape index (κ3) is 4.35. The zero-order chi connectivity index (χ0) is 14.6. The van der Waals surface area contributed by atoms with Gasteiger partial charge in [0.05, 0.1) is 5.92 Å². The van der Waals surface area contributed by atoms with Gasteiger partial charge >= 0.3 is 6.18 Å². The van der Waals surface area contributed by atoms with Crippen molar-refractivity contribution in [3.8, 4) is 0 Å². The molecule has 0 aromatic carbocycles. The van der Waals surface area contributed by atoms with Gasteiger partial charge in [-0.2, -0.15) is 13.2 Å². The highest BCUT2D eigenvalue weighted by molar-refractivity contribution is 4.83. The van der Waals surface area contributed by atoms with Crippen molar-refractivity contribution < 1.29 is 18.3 Å². The molecule has 2 atom stereocenters. The van der Waals surface area contributed by atoms with E-state index in [1.54, 1.807) is 0 Å². The van der Waals surface area contributed by atoms with E-state index in [0.29, 0.717) is 24.7 Å². The number of halogens is 3. The fraction of sp³-hybridized carbons (Fsp3) is 1.00. The Kier molecular flexibility index (Phi) is 5.73. The van der Waals surface area contributed by atoms with E-state index in [0.717, 1.165) is 19.4 Å². The fourth-order valence-corrected chi connectivity index (χ4v) is 3.74. The summed E-state index contributed by atoms with van der Waals surface area (Å²) in [6.45, 7) is 1.10. The Hall–Kier alpha value is -0.290. The van der Waals surface area contributed by atoms with Gasteiger partial charge in [0.15, 0.2) is 0 Å². The normalized spacial score (nSPS) is 36.0. The summed E-state index contributed by atoms with van der Waals surface area (Å²) < 4.78 is 37.8. The van der Waals surface area contributed by atoms with E-state index in [-0.39, 0.29) is 25.5 Å². The number of rotatable bonds is 4. The molecule has 2 aliphatic rings.